The van der Waals surface area contributed by atoms with Gasteiger partial charge in [-0.25, -0.2) is 9.97 Å². The molecule has 0 fully saturated rings. The Bertz CT molecular complexity index is 1460. The van der Waals surface area contributed by atoms with Crippen LogP contribution in [0.2, 0.25) is 0 Å². The van der Waals surface area contributed by atoms with Crippen molar-refractivity contribution in [3.8, 4) is 11.3 Å². The second-order valence-corrected chi connectivity index (χ2v) is 11.1. The van der Waals surface area contributed by atoms with Crippen LogP contribution < -0.4 is 0 Å². The van der Waals surface area contributed by atoms with Crippen LogP contribution in [-0.2, 0) is 42.7 Å². The lowest BCUT2D eigenvalue weighted by molar-refractivity contribution is -0.140. The molecule has 0 radical (unpaired) electrons. The Morgan fingerprint density at radius 2 is 1.53 bits per heavy atom. The van der Waals surface area contributed by atoms with Gasteiger partial charge in [-0.05, 0) is 23.0 Å². The Balaban J connectivity index is 2.06. The Hall–Kier alpha value is -3.68. The first kappa shape index (κ1) is 25.4. The maximum absolute atomic E-state index is 12.5. The van der Waals surface area contributed by atoms with Crippen LogP contribution >= 0.6 is 0 Å². The molecular weight excluding hydrogens is 456 g/mol. The van der Waals surface area contributed by atoms with Crippen molar-refractivity contribution in [2.24, 2.45) is 0 Å². The van der Waals surface area contributed by atoms with Gasteiger partial charge in [-0.3, -0.25) is 9.59 Å². The average molecular weight is 491 g/mol. The van der Waals surface area contributed by atoms with Gasteiger partial charge in [0.1, 0.15) is 11.3 Å². The third-order valence-corrected chi connectivity index (χ3v) is 6.41. The van der Waals surface area contributed by atoms with Crippen molar-refractivity contribution in [1.29, 1.82) is 0 Å². The van der Waals surface area contributed by atoms with Crippen LogP contribution in [0, 0.1) is 0 Å². The zero-order chi connectivity index (χ0) is 26.4. The van der Waals surface area contributed by atoms with E-state index in [2.05, 4.69) is 58.7 Å². The normalized spacial score (nSPS) is 12.3. The predicted octanol–water partition coefficient (Wildman–Crippen LogP) is 4.68. The Morgan fingerprint density at radius 3 is 2.14 bits per heavy atom. The maximum atomic E-state index is 12.5. The SMILES string of the molecule is COC(=O)Cc1cnc2c(C(C)(C)C)cc(-c3nc4c(C(C)(C)C)cccn4c3CC(=O)OC)cn12. The van der Waals surface area contributed by atoms with Gasteiger partial charge in [-0.15, -0.1) is 0 Å². The number of rotatable bonds is 5. The number of hydrogen-bond acceptors (Lipinski definition) is 6. The van der Waals surface area contributed by atoms with Gasteiger partial charge in [0, 0.05) is 35.3 Å². The van der Waals surface area contributed by atoms with E-state index in [1.54, 1.807) is 6.20 Å². The number of imidazole rings is 2. The molecule has 0 unspecified atom stereocenters. The molecule has 0 aliphatic carbocycles. The van der Waals surface area contributed by atoms with Crippen LogP contribution in [0.1, 0.15) is 64.1 Å². The van der Waals surface area contributed by atoms with Crippen LogP contribution in [-0.4, -0.2) is 44.9 Å². The topological polar surface area (TPSA) is 87.2 Å². The van der Waals surface area contributed by atoms with Crippen LogP contribution in [0.4, 0.5) is 0 Å². The number of ether oxygens (including phenoxy) is 2. The zero-order valence-corrected chi connectivity index (χ0v) is 22.3. The molecule has 0 saturated carbocycles. The Labute approximate surface area is 211 Å². The highest BCUT2D eigenvalue weighted by atomic mass is 16.5. The molecule has 0 N–H and O–H groups in total. The number of methoxy groups -OCH3 is 2. The van der Waals surface area contributed by atoms with E-state index < -0.39 is 0 Å². The molecular formula is C28H34N4O4. The summed E-state index contributed by atoms with van der Waals surface area (Å²) in [6.45, 7) is 12.8. The number of fused-ring (bicyclic) bond motifs is 2. The monoisotopic (exact) mass is 490 g/mol. The second-order valence-electron chi connectivity index (χ2n) is 11.1. The highest BCUT2D eigenvalue weighted by Gasteiger charge is 2.27. The van der Waals surface area contributed by atoms with E-state index in [0.29, 0.717) is 5.69 Å². The minimum atomic E-state index is -0.342. The number of aromatic nitrogens is 4. The lowest BCUT2D eigenvalue weighted by Gasteiger charge is -2.21. The predicted molar refractivity (Wildman–Crippen MR) is 138 cm³/mol. The fourth-order valence-corrected chi connectivity index (χ4v) is 4.48. The van der Waals surface area contributed by atoms with E-state index in [4.69, 9.17) is 14.5 Å². The fourth-order valence-electron chi connectivity index (χ4n) is 4.48. The van der Waals surface area contributed by atoms with Gasteiger partial charge in [-0.2, -0.15) is 0 Å². The van der Waals surface area contributed by atoms with E-state index in [1.807, 2.05) is 27.3 Å². The molecule has 8 heteroatoms. The minimum absolute atomic E-state index is 0.0719. The minimum Gasteiger partial charge on any atom is -0.469 e. The number of pyridine rings is 2. The summed E-state index contributed by atoms with van der Waals surface area (Å²) in [5.41, 5.74) is 6.28. The summed E-state index contributed by atoms with van der Waals surface area (Å²) in [7, 11) is 2.76. The van der Waals surface area contributed by atoms with Crippen molar-refractivity contribution in [3.63, 3.8) is 0 Å². The first-order valence-electron chi connectivity index (χ1n) is 12.0. The average Bonchev–Trinajstić information content (AvgIpc) is 3.38. The lowest BCUT2D eigenvalue weighted by atomic mass is 9.86. The summed E-state index contributed by atoms with van der Waals surface area (Å²) in [5.74, 6) is -0.682. The summed E-state index contributed by atoms with van der Waals surface area (Å²) >= 11 is 0. The van der Waals surface area contributed by atoms with E-state index in [-0.39, 0.29) is 35.6 Å². The number of nitrogens with zero attached hydrogens (tertiary/aromatic N) is 4. The first-order chi connectivity index (χ1) is 16.8. The molecule has 0 spiro atoms. The highest BCUT2D eigenvalue weighted by Crippen LogP contribution is 2.35. The third-order valence-electron chi connectivity index (χ3n) is 6.41. The van der Waals surface area contributed by atoms with E-state index in [1.165, 1.54) is 14.2 Å². The van der Waals surface area contributed by atoms with Gasteiger partial charge in [0.25, 0.3) is 0 Å². The summed E-state index contributed by atoms with van der Waals surface area (Å²) < 4.78 is 13.8. The lowest BCUT2D eigenvalue weighted by Crippen LogP contribution is -2.15. The molecule has 0 amide bonds. The molecule has 0 bridgehead atoms. The van der Waals surface area contributed by atoms with E-state index in [0.717, 1.165) is 39.4 Å². The molecule has 4 aromatic heterocycles. The third kappa shape index (κ3) is 4.59. The molecule has 36 heavy (non-hydrogen) atoms. The van der Waals surface area contributed by atoms with E-state index in [9.17, 15) is 9.59 Å². The summed E-state index contributed by atoms with van der Waals surface area (Å²) in [6, 6.07) is 6.14. The summed E-state index contributed by atoms with van der Waals surface area (Å²) in [4.78, 5) is 34.3. The smallest absolute Gasteiger partial charge is 0.311 e. The first-order valence-corrected chi connectivity index (χ1v) is 12.0. The van der Waals surface area contributed by atoms with Gasteiger partial charge in [0.05, 0.1) is 44.1 Å². The van der Waals surface area contributed by atoms with Gasteiger partial charge in [-0.1, -0.05) is 47.6 Å². The summed E-state index contributed by atoms with van der Waals surface area (Å²) in [6.07, 6.45) is 5.75. The van der Waals surface area contributed by atoms with Crippen molar-refractivity contribution in [3.05, 3.63) is 59.3 Å². The van der Waals surface area contributed by atoms with Crippen molar-refractivity contribution in [2.45, 2.75) is 65.2 Å². The number of hydrogen-bond donors (Lipinski definition) is 0. The molecule has 0 atom stereocenters. The van der Waals surface area contributed by atoms with Crippen molar-refractivity contribution < 1.29 is 19.1 Å². The molecule has 4 aromatic rings. The maximum Gasteiger partial charge on any atom is 0.311 e. The Morgan fingerprint density at radius 1 is 0.889 bits per heavy atom. The van der Waals surface area contributed by atoms with Crippen molar-refractivity contribution in [2.75, 3.05) is 14.2 Å². The molecule has 4 heterocycles. The number of esters is 2. The fraction of sp³-hybridized carbons (Fsp3) is 0.429. The molecule has 0 saturated heterocycles. The van der Waals surface area contributed by atoms with Crippen LogP contribution in [0.5, 0.6) is 0 Å². The molecule has 4 rings (SSSR count). The van der Waals surface area contributed by atoms with Crippen LogP contribution in [0.3, 0.4) is 0 Å². The van der Waals surface area contributed by atoms with Gasteiger partial charge >= 0.3 is 11.9 Å². The van der Waals surface area contributed by atoms with Crippen molar-refractivity contribution >= 4 is 23.2 Å². The van der Waals surface area contributed by atoms with Crippen molar-refractivity contribution in [1.82, 2.24) is 18.8 Å². The standard InChI is InChI=1S/C28H34N4O4/c1-27(2,3)19-10-9-11-31-21(14-23(34)36-8)24(30-26(19)31)17-12-20(28(4,5)6)25-29-15-18(32(25)16-17)13-22(33)35-7/h9-12,15-16H,13-14H2,1-8H3. The molecule has 0 aromatic carbocycles. The van der Waals surface area contributed by atoms with Gasteiger partial charge < -0.3 is 18.3 Å². The summed E-state index contributed by atoms with van der Waals surface area (Å²) in [5, 5.41) is 0. The number of carbonyl (C=O) groups is 2. The largest absolute Gasteiger partial charge is 0.469 e. The van der Waals surface area contributed by atoms with E-state index >= 15 is 0 Å². The molecule has 0 aliphatic rings. The molecule has 8 nitrogen and oxygen atoms in total. The van der Waals surface area contributed by atoms with Crippen LogP contribution in [0.15, 0.2) is 36.8 Å². The quantitative estimate of drug-likeness (QED) is 0.378. The molecule has 0 aliphatic heterocycles. The second kappa shape index (κ2) is 9.08. The number of carbonyl (C=O) groups excluding carboxylic acids is 2. The van der Waals surface area contributed by atoms with Crippen LogP contribution in [0.25, 0.3) is 22.6 Å². The Kier molecular flexibility index (Phi) is 6.41. The zero-order valence-electron chi connectivity index (χ0n) is 22.3. The highest BCUT2D eigenvalue weighted by molar-refractivity contribution is 5.79. The molecule has 190 valence electrons. The van der Waals surface area contributed by atoms with Gasteiger partial charge in [0.15, 0.2) is 0 Å². The van der Waals surface area contributed by atoms with Gasteiger partial charge in [0.2, 0.25) is 0 Å².